The Hall–Kier alpha value is -1.27. The van der Waals surface area contributed by atoms with Crippen molar-refractivity contribution >= 4 is 0 Å². The van der Waals surface area contributed by atoms with Gasteiger partial charge in [0.15, 0.2) is 0 Å². The monoisotopic (exact) mass is 273 g/mol. The first-order valence-electron chi connectivity index (χ1n) is 7.80. The summed E-state index contributed by atoms with van der Waals surface area (Å²) in [6.45, 7) is 7.91. The first-order chi connectivity index (χ1) is 9.51. The fourth-order valence-corrected chi connectivity index (χ4v) is 3.53. The lowest BCUT2D eigenvalue weighted by Gasteiger charge is -2.38. The standard InChI is InChI=1S/C17H27N3/c1-12(2)16-6-5-13(3)7-17(16)19-10-14-8-15(9-18)20(4)11-14/h8,11-13,16-17,19H,5-7,10H2,1-4H3. The van der Waals surface area contributed by atoms with Gasteiger partial charge in [0.2, 0.25) is 0 Å². The lowest BCUT2D eigenvalue weighted by molar-refractivity contribution is 0.169. The van der Waals surface area contributed by atoms with E-state index >= 15 is 0 Å². The molecule has 20 heavy (non-hydrogen) atoms. The Bertz CT molecular complexity index is 481. The van der Waals surface area contributed by atoms with E-state index in [0.29, 0.717) is 6.04 Å². The Morgan fingerprint density at radius 2 is 2.20 bits per heavy atom. The molecular weight excluding hydrogens is 246 g/mol. The van der Waals surface area contributed by atoms with Crippen molar-refractivity contribution in [2.24, 2.45) is 24.8 Å². The number of aromatic nitrogens is 1. The van der Waals surface area contributed by atoms with Crippen LogP contribution < -0.4 is 5.32 Å². The van der Waals surface area contributed by atoms with E-state index in [0.717, 1.165) is 30.0 Å². The lowest BCUT2D eigenvalue weighted by Crippen LogP contribution is -2.42. The van der Waals surface area contributed by atoms with Gasteiger partial charge in [-0.1, -0.05) is 27.2 Å². The zero-order valence-corrected chi connectivity index (χ0v) is 13.2. The van der Waals surface area contributed by atoms with E-state index in [1.807, 2.05) is 17.7 Å². The van der Waals surface area contributed by atoms with Crippen molar-refractivity contribution in [1.29, 1.82) is 5.26 Å². The molecule has 2 rings (SSSR count). The second-order valence-electron chi connectivity index (χ2n) is 6.77. The molecule has 3 nitrogen and oxygen atoms in total. The molecular formula is C17H27N3. The molecule has 1 aromatic rings. The fraction of sp³-hybridized carbons (Fsp3) is 0.706. The molecule has 0 aromatic carbocycles. The van der Waals surface area contributed by atoms with Crippen LogP contribution in [0.5, 0.6) is 0 Å². The number of hydrogen-bond acceptors (Lipinski definition) is 2. The Labute approximate surface area is 123 Å². The van der Waals surface area contributed by atoms with Gasteiger partial charge in [-0.3, -0.25) is 0 Å². The average Bonchev–Trinajstić information content (AvgIpc) is 2.76. The van der Waals surface area contributed by atoms with Crippen molar-refractivity contribution in [1.82, 2.24) is 9.88 Å². The summed E-state index contributed by atoms with van der Waals surface area (Å²) in [6.07, 6.45) is 6.04. The molecule has 0 saturated heterocycles. The summed E-state index contributed by atoms with van der Waals surface area (Å²) in [7, 11) is 1.93. The van der Waals surface area contributed by atoms with Gasteiger partial charge in [0.25, 0.3) is 0 Å². The Morgan fingerprint density at radius 1 is 1.45 bits per heavy atom. The summed E-state index contributed by atoms with van der Waals surface area (Å²) in [4.78, 5) is 0. The molecule has 3 atom stereocenters. The van der Waals surface area contributed by atoms with Gasteiger partial charge in [-0.05, 0) is 42.2 Å². The van der Waals surface area contributed by atoms with Crippen LogP contribution in [0.25, 0.3) is 0 Å². The Balaban J connectivity index is 1.98. The van der Waals surface area contributed by atoms with Gasteiger partial charge in [0.05, 0.1) is 0 Å². The van der Waals surface area contributed by atoms with Gasteiger partial charge < -0.3 is 9.88 Å². The van der Waals surface area contributed by atoms with Crippen LogP contribution in [0, 0.1) is 29.1 Å². The van der Waals surface area contributed by atoms with Crippen LogP contribution in [-0.4, -0.2) is 10.6 Å². The minimum atomic E-state index is 0.615. The molecule has 0 spiro atoms. The maximum absolute atomic E-state index is 9.01. The number of nitrogens with zero attached hydrogens (tertiary/aromatic N) is 2. The van der Waals surface area contributed by atoms with E-state index in [1.54, 1.807) is 0 Å². The first-order valence-corrected chi connectivity index (χ1v) is 7.80. The molecule has 1 aromatic heterocycles. The van der Waals surface area contributed by atoms with Crippen LogP contribution in [-0.2, 0) is 13.6 Å². The second-order valence-corrected chi connectivity index (χ2v) is 6.77. The molecule has 1 fully saturated rings. The Kier molecular flexibility index (Phi) is 4.88. The van der Waals surface area contributed by atoms with Gasteiger partial charge in [-0.15, -0.1) is 0 Å². The molecule has 0 bridgehead atoms. The minimum Gasteiger partial charge on any atom is -0.342 e. The van der Waals surface area contributed by atoms with Crippen molar-refractivity contribution in [3.05, 3.63) is 23.5 Å². The summed E-state index contributed by atoms with van der Waals surface area (Å²) >= 11 is 0. The molecule has 1 heterocycles. The van der Waals surface area contributed by atoms with Crippen molar-refractivity contribution in [2.75, 3.05) is 0 Å². The topological polar surface area (TPSA) is 40.8 Å². The van der Waals surface area contributed by atoms with E-state index in [9.17, 15) is 0 Å². The third-order valence-corrected chi connectivity index (χ3v) is 4.77. The van der Waals surface area contributed by atoms with Crippen LogP contribution >= 0.6 is 0 Å². The maximum atomic E-state index is 9.01. The van der Waals surface area contributed by atoms with Crippen LogP contribution in [0.3, 0.4) is 0 Å². The van der Waals surface area contributed by atoms with Crippen molar-refractivity contribution in [3.8, 4) is 6.07 Å². The molecule has 0 aliphatic heterocycles. The zero-order valence-electron chi connectivity index (χ0n) is 13.2. The van der Waals surface area contributed by atoms with Crippen molar-refractivity contribution in [3.63, 3.8) is 0 Å². The fourth-order valence-electron chi connectivity index (χ4n) is 3.53. The first kappa shape index (κ1) is 15.1. The summed E-state index contributed by atoms with van der Waals surface area (Å²) in [5.74, 6) is 2.35. The quantitative estimate of drug-likeness (QED) is 0.913. The predicted molar refractivity (Wildman–Crippen MR) is 82.1 cm³/mol. The van der Waals surface area contributed by atoms with Crippen molar-refractivity contribution < 1.29 is 0 Å². The van der Waals surface area contributed by atoms with E-state index < -0.39 is 0 Å². The van der Waals surface area contributed by atoms with Crippen LogP contribution in [0.15, 0.2) is 12.3 Å². The van der Waals surface area contributed by atoms with Crippen LogP contribution in [0.2, 0.25) is 0 Å². The minimum absolute atomic E-state index is 0.615. The molecule has 1 aliphatic rings. The van der Waals surface area contributed by atoms with E-state index in [-0.39, 0.29) is 0 Å². The number of nitriles is 1. The third kappa shape index (κ3) is 3.43. The predicted octanol–water partition coefficient (Wildman–Crippen LogP) is 3.45. The molecule has 0 amide bonds. The van der Waals surface area contributed by atoms with Crippen molar-refractivity contribution in [2.45, 2.75) is 52.6 Å². The van der Waals surface area contributed by atoms with Gasteiger partial charge >= 0.3 is 0 Å². The molecule has 1 saturated carbocycles. The van der Waals surface area contributed by atoms with Gasteiger partial charge in [0.1, 0.15) is 11.8 Å². The molecule has 110 valence electrons. The van der Waals surface area contributed by atoms with Gasteiger partial charge in [0, 0.05) is 25.8 Å². The summed E-state index contributed by atoms with van der Waals surface area (Å²) < 4.78 is 1.90. The molecule has 1 N–H and O–H groups in total. The smallest absolute Gasteiger partial charge is 0.120 e. The number of aryl methyl sites for hydroxylation is 1. The van der Waals surface area contributed by atoms with E-state index in [2.05, 4.69) is 38.4 Å². The third-order valence-electron chi connectivity index (χ3n) is 4.77. The highest BCUT2D eigenvalue weighted by atomic mass is 15.0. The maximum Gasteiger partial charge on any atom is 0.120 e. The highest BCUT2D eigenvalue weighted by Gasteiger charge is 2.30. The average molecular weight is 273 g/mol. The van der Waals surface area contributed by atoms with Gasteiger partial charge in [-0.2, -0.15) is 5.26 Å². The largest absolute Gasteiger partial charge is 0.342 e. The Morgan fingerprint density at radius 3 is 2.80 bits per heavy atom. The summed E-state index contributed by atoms with van der Waals surface area (Å²) in [5.41, 5.74) is 1.95. The highest BCUT2D eigenvalue weighted by molar-refractivity contribution is 5.28. The number of nitrogens with one attached hydrogen (secondary N) is 1. The van der Waals surface area contributed by atoms with E-state index in [1.165, 1.54) is 24.8 Å². The highest BCUT2D eigenvalue weighted by Crippen LogP contribution is 2.33. The van der Waals surface area contributed by atoms with Crippen LogP contribution in [0.1, 0.15) is 51.3 Å². The lowest BCUT2D eigenvalue weighted by atomic mass is 9.74. The van der Waals surface area contributed by atoms with Crippen LogP contribution in [0.4, 0.5) is 0 Å². The molecule has 3 heteroatoms. The molecule has 3 unspecified atom stereocenters. The van der Waals surface area contributed by atoms with Gasteiger partial charge in [-0.25, -0.2) is 0 Å². The van der Waals surface area contributed by atoms with E-state index in [4.69, 9.17) is 5.26 Å². The summed E-state index contributed by atoms with van der Waals surface area (Å²) in [6, 6.07) is 4.83. The zero-order chi connectivity index (χ0) is 14.7. The molecule has 0 radical (unpaired) electrons. The number of rotatable bonds is 4. The number of hydrogen-bond donors (Lipinski definition) is 1. The SMILES string of the molecule is CC1CCC(C(C)C)C(NCc2cc(C#N)n(C)c2)C1. The molecule has 1 aliphatic carbocycles. The summed E-state index contributed by atoms with van der Waals surface area (Å²) in [5, 5.41) is 12.7. The second kappa shape index (κ2) is 6.45. The normalized spacial score (nSPS) is 26.7.